The Labute approximate surface area is 231 Å². The first-order valence-corrected chi connectivity index (χ1v) is 13.0. The average Bonchev–Trinajstić information content (AvgIpc) is 3.56. The van der Waals surface area contributed by atoms with Gasteiger partial charge in [0.15, 0.2) is 5.11 Å². The van der Waals surface area contributed by atoms with Crippen LogP contribution < -0.4 is 15.0 Å². The summed E-state index contributed by atoms with van der Waals surface area (Å²) in [5, 5.41) is 4.75. The average molecular weight is 538 g/mol. The van der Waals surface area contributed by atoms with Gasteiger partial charge in [-0.2, -0.15) is 0 Å². The Kier molecular flexibility index (Phi) is 6.58. The van der Waals surface area contributed by atoms with E-state index in [2.05, 4.69) is 22.1 Å². The van der Waals surface area contributed by atoms with Crippen LogP contribution in [0.3, 0.4) is 0 Å². The van der Waals surface area contributed by atoms with Gasteiger partial charge in [-0.15, -0.1) is 0 Å². The molecule has 1 N–H and O–H groups in total. The summed E-state index contributed by atoms with van der Waals surface area (Å²) in [6.07, 6.45) is 1.79. The minimum atomic E-state index is -0.248. The number of halogens is 1. The fourth-order valence-electron chi connectivity index (χ4n) is 4.62. The SMILES string of the molecule is Cc1ccc(Oc2ccc(N3C(=S)N[C@@H](c4ccccn4)[C@@H]3c3ccc(-c4ccc(Cl)cc4)o3)cc2)cc1. The van der Waals surface area contributed by atoms with Crippen LogP contribution in [0.1, 0.15) is 29.1 Å². The first-order valence-electron chi connectivity index (χ1n) is 12.3. The van der Waals surface area contributed by atoms with Gasteiger partial charge in [0.1, 0.15) is 29.1 Å². The standard InChI is InChI=1S/C31H24ClN3O2S/c1-20-5-13-24(14-6-20)36-25-15-11-23(12-16-25)35-30(29(34-31(35)38)26-4-2-3-19-33-26)28-18-17-27(37-28)21-7-9-22(32)10-8-21/h2-19,29-30H,1H3,(H,34,38)/t29-,30-/m0/s1. The molecule has 2 aromatic heterocycles. The van der Waals surface area contributed by atoms with Crippen molar-refractivity contribution in [2.75, 3.05) is 4.90 Å². The Bertz CT molecular complexity index is 1550. The molecule has 3 aromatic carbocycles. The molecule has 6 rings (SSSR count). The van der Waals surface area contributed by atoms with Crippen LogP contribution in [-0.2, 0) is 0 Å². The second-order valence-corrected chi connectivity index (χ2v) is 9.94. The number of hydrogen-bond acceptors (Lipinski definition) is 4. The number of aromatic nitrogens is 1. The van der Waals surface area contributed by atoms with Crippen molar-refractivity contribution in [3.8, 4) is 22.8 Å². The molecule has 1 fully saturated rings. The van der Waals surface area contributed by atoms with E-state index in [1.165, 1.54) is 5.56 Å². The molecule has 1 aliphatic rings. The zero-order valence-electron chi connectivity index (χ0n) is 20.5. The predicted octanol–water partition coefficient (Wildman–Crippen LogP) is 8.27. The number of hydrogen-bond donors (Lipinski definition) is 1. The van der Waals surface area contributed by atoms with E-state index in [1.54, 1.807) is 6.20 Å². The minimum Gasteiger partial charge on any atom is -0.459 e. The lowest BCUT2D eigenvalue weighted by atomic mass is 10.0. The van der Waals surface area contributed by atoms with E-state index in [9.17, 15) is 0 Å². The fraction of sp³-hybridized carbons (Fsp3) is 0.0968. The van der Waals surface area contributed by atoms with Gasteiger partial charge in [-0.3, -0.25) is 4.98 Å². The third-order valence-corrected chi connectivity index (χ3v) is 7.08. The zero-order valence-corrected chi connectivity index (χ0v) is 22.1. The molecule has 2 atom stereocenters. The third-order valence-electron chi connectivity index (χ3n) is 6.52. The summed E-state index contributed by atoms with van der Waals surface area (Å²) < 4.78 is 12.5. The topological polar surface area (TPSA) is 50.5 Å². The normalized spacial score (nSPS) is 16.9. The molecule has 1 saturated heterocycles. The molecule has 38 heavy (non-hydrogen) atoms. The number of nitrogens with zero attached hydrogens (tertiary/aromatic N) is 2. The summed E-state index contributed by atoms with van der Waals surface area (Å²) >= 11 is 11.9. The highest BCUT2D eigenvalue weighted by molar-refractivity contribution is 7.80. The number of thiocarbonyl (C=S) groups is 1. The fourth-order valence-corrected chi connectivity index (χ4v) is 5.09. The van der Waals surface area contributed by atoms with E-state index in [4.69, 9.17) is 33.0 Å². The Morgan fingerprint density at radius 1 is 0.868 bits per heavy atom. The number of aryl methyl sites for hydroxylation is 1. The van der Waals surface area contributed by atoms with E-state index < -0.39 is 0 Å². The number of nitrogens with one attached hydrogen (secondary N) is 1. The first kappa shape index (κ1) is 24.2. The first-order chi connectivity index (χ1) is 18.5. The van der Waals surface area contributed by atoms with Gasteiger partial charge in [-0.1, -0.05) is 35.4 Å². The van der Waals surface area contributed by atoms with Crippen molar-refractivity contribution in [3.63, 3.8) is 0 Å². The van der Waals surface area contributed by atoms with Crippen molar-refractivity contribution in [2.45, 2.75) is 19.0 Å². The molecule has 5 aromatic rings. The van der Waals surface area contributed by atoms with Gasteiger partial charge < -0.3 is 19.4 Å². The molecule has 0 unspecified atom stereocenters. The summed E-state index contributed by atoms with van der Waals surface area (Å²) in [5.41, 5.74) is 3.94. The van der Waals surface area contributed by atoms with Crippen LogP contribution in [0.25, 0.3) is 11.3 Å². The van der Waals surface area contributed by atoms with Crippen LogP contribution in [0.15, 0.2) is 114 Å². The van der Waals surface area contributed by atoms with Gasteiger partial charge in [0.25, 0.3) is 0 Å². The summed E-state index contributed by atoms with van der Waals surface area (Å²) in [7, 11) is 0. The summed E-state index contributed by atoms with van der Waals surface area (Å²) in [4.78, 5) is 6.69. The molecule has 0 radical (unpaired) electrons. The van der Waals surface area contributed by atoms with E-state index in [0.717, 1.165) is 40.0 Å². The summed E-state index contributed by atoms with van der Waals surface area (Å²) in [6, 6.07) is 32.9. The molecule has 7 heteroatoms. The van der Waals surface area contributed by atoms with Crippen molar-refractivity contribution in [2.24, 2.45) is 0 Å². The number of pyridine rings is 1. The smallest absolute Gasteiger partial charge is 0.174 e. The molecule has 0 spiro atoms. The quantitative estimate of drug-likeness (QED) is 0.220. The van der Waals surface area contributed by atoms with Crippen LogP contribution in [0.5, 0.6) is 11.5 Å². The molecule has 188 valence electrons. The lowest BCUT2D eigenvalue weighted by Crippen LogP contribution is -2.29. The summed E-state index contributed by atoms with van der Waals surface area (Å²) in [5.74, 6) is 3.07. The van der Waals surface area contributed by atoms with Gasteiger partial charge in [0, 0.05) is 22.5 Å². The van der Waals surface area contributed by atoms with E-state index in [0.29, 0.717) is 10.1 Å². The molecule has 0 saturated carbocycles. The number of ether oxygens (including phenoxy) is 1. The molecule has 0 aliphatic carbocycles. The Hall–Kier alpha value is -4.13. The van der Waals surface area contributed by atoms with Crippen LogP contribution in [-0.4, -0.2) is 10.1 Å². The number of benzene rings is 3. The van der Waals surface area contributed by atoms with Crippen molar-refractivity contribution in [1.82, 2.24) is 10.3 Å². The lowest BCUT2D eigenvalue weighted by molar-refractivity contribution is 0.439. The lowest BCUT2D eigenvalue weighted by Gasteiger charge is -2.26. The maximum atomic E-state index is 6.42. The van der Waals surface area contributed by atoms with Crippen LogP contribution >= 0.6 is 23.8 Å². The third kappa shape index (κ3) is 4.88. The predicted molar refractivity (Wildman–Crippen MR) is 155 cm³/mol. The number of furan rings is 1. The molecular weight excluding hydrogens is 514 g/mol. The van der Waals surface area contributed by atoms with Crippen LogP contribution in [0.2, 0.25) is 5.02 Å². The number of anilines is 1. The van der Waals surface area contributed by atoms with Crippen LogP contribution in [0, 0.1) is 6.92 Å². The van der Waals surface area contributed by atoms with Gasteiger partial charge in [-0.25, -0.2) is 0 Å². The Balaban J connectivity index is 1.34. The van der Waals surface area contributed by atoms with Crippen molar-refractivity contribution in [3.05, 3.63) is 131 Å². The highest BCUT2D eigenvalue weighted by Crippen LogP contribution is 2.43. The van der Waals surface area contributed by atoms with Crippen molar-refractivity contribution < 1.29 is 9.15 Å². The number of rotatable bonds is 6. The highest BCUT2D eigenvalue weighted by atomic mass is 35.5. The maximum absolute atomic E-state index is 6.42. The molecule has 3 heterocycles. The zero-order chi connectivity index (χ0) is 26.1. The molecule has 1 aliphatic heterocycles. The van der Waals surface area contributed by atoms with Crippen molar-refractivity contribution >= 4 is 34.6 Å². The second-order valence-electron chi connectivity index (χ2n) is 9.11. The van der Waals surface area contributed by atoms with Crippen molar-refractivity contribution in [1.29, 1.82) is 0 Å². The van der Waals surface area contributed by atoms with Gasteiger partial charge in [0.05, 0.1) is 11.7 Å². The van der Waals surface area contributed by atoms with Gasteiger partial charge >= 0.3 is 0 Å². The minimum absolute atomic E-state index is 0.198. The van der Waals surface area contributed by atoms with Gasteiger partial charge in [-0.05, 0) is 104 Å². The molecule has 0 bridgehead atoms. The molecule has 5 nitrogen and oxygen atoms in total. The van der Waals surface area contributed by atoms with E-state index >= 15 is 0 Å². The van der Waals surface area contributed by atoms with Crippen LogP contribution in [0.4, 0.5) is 5.69 Å². The second kappa shape index (κ2) is 10.3. The Morgan fingerprint density at radius 3 is 2.26 bits per heavy atom. The monoisotopic (exact) mass is 537 g/mol. The largest absolute Gasteiger partial charge is 0.459 e. The highest BCUT2D eigenvalue weighted by Gasteiger charge is 2.42. The Morgan fingerprint density at radius 2 is 1.58 bits per heavy atom. The summed E-state index contributed by atoms with van der Waals surface area (Å²) in [6.45, 7) is 2.05. The van der Waals surface area contributed by atoms with Gasteiger partial charge in [0.2, 0.25) is 0 Å². The maximum Gasteiger partial charge on any atom is 0.174 e. The molecular formula is C31H24ClN3O2S. The van der Waals surface area contributed by atoms with E-state index in [1.807, 2.05) is 103 Å². The van der Waals surface area contributed by atoms with E-state index in [-0.39, 0.29) is 12.1 Å². The molecule has 0 amide bonds.